The van der Waals surface area contributed by atoms with Gasteiger partial charge >= 0.3 is 11.6 Å². The Morgan fingerprint density at radius 3 is 2.71 bits per heavy atom. The lowest BCUT2D eigenvalue weighted by molar-refractivity contribution is -0.202. The molecule has 9 aliphatic rings. The van der Waals surface area contributed by atoms with Gasteiger partial charge in [-0.15, -0.1) is 0 Å². The monoisotopic (exact) mass is 1040 g/mol. The van der Waals surface area contributed by atoms with E-state index in [2.05, 4.69) is 10.6 Å². The van der Waals surface area contributed by atoms with E-state index in [0.29, 0.717) is 59.5 Å². The van der Waals surface area contributed by atoms with Crippen molar-refractivity contribution in [1.29, 1.82) is 0 Å². The largest absolute Gasteiger partial charge is 0.481 e. The topological polar surface area (TPSA) is 234 Å². The highest BCUT2D eigenvalue weighted by molar-refractivity contribution is 8.77. The van der Waals surface area contributed by atoms with Crippen molar-refractivity contribution in [1.82, 2.24) is 15.5 Å². The summed E-state index contributed by atoms with van der Waals surface area (Å²) in [4.78, 5) is 60.0. The molecule has 4 aliphatic heterocycles. The van der Waals surface area contributed by atoms with Crippen molar-refractivity contribution in [2.75, 3.05) is 39.2 Å². The van der Waals surface area contributed by atoms with Crippen molar-refractivity contribution >= 4 is 50.2 Å². The van der Waals surface area contributed by atoms with E-state index < -0.39 is 52.8 Å². The van der Waals surface area contributed by atoms with Gasteiger partial charge in [0.2, 0.25) is 5.91 Å². The van der Waals surface area contributed by atoms with Crippen LogP contribution in [0.2, 0.25) is 0 Å². The molecule has 11 rings (SSSR count). The fraction of sp³-hybridized carbons (Fsp3) is 0.607. The van der Waals surface area contributed by atoms with E-state index >= 15 is 4.79 Å². The number of carbonyl (C=O) groups is 3. The number of benzene rings is 1. The molecule has 1 saturated heterocycles. The molecule has 14 atom stereocenters. The van der Waals surface area contributed by atoms with Crippen LogP contribution in [0.15, 0.2) is 85.9 Å². The number of rotatable bonds is 10. The second kappa shape index (κ2) is 19.6. The summed E-state index contributed by atoms with van der Waals surface area (Å²) in [5, 5.41) is 50.7. The molecular formula is C56H70N4O11S2. The summed E-state index contributed by atoms with van der Waals surface area (Å²) in [5.41, 5.74) is 6.90. The highest BCUT2D eigenvalue weighted by Crippen LogP contribution is 2.61. The fourth-order valence-electron chi connectivity index (χ4n) is 15.8. The van der Waals surface area contributed by atoms with E-state index in [9.17, 15) is 34.8 Å². The molecule has 5 aliphatic carbocycles. The lowest BCUT2D eigenvalue weighted by atomic mass is 9.50. The van der Waals surface area contributed by atoms with Crippen LogP contribution in [0.25, 0.3) is 11.0 Å². The van der Waals surface area contributed by atoms with Crippen LogP contribution in [0, 0.1) is 35.5 Å². The predicted octanol–water partition coefficient (Wildman–Crippen LogP) is 5.03. The molecule has 4 fully saturated rings. The molecule has 0 unspecified atom stereocenters. The summed E-state index contributed by atoms with van der Waals surface area (Å²) in [6, 6.07) is 5.32. The van der Waals surface area contributed by atoms with E-state index in [-0.39, 0.29) is 103 Å². The summed E-state index contributed by atoms with van der Waals surface area (Å²) in [7, 11) is 5.26. The molecule has 15 nitrogen and oxygen atoms in total. The molecule has 392 valence electrons. The van der Waals surface area contributed by atoms with Gasteiger partial charge in [-0.3, -0.25) is 9.59 Å². The van der Waals surface area contributed by atoms with E-state index in [1.165, 1.54) is 0 Å². The third-order valence-electron chi connectivity index (χ3n) is 19.1. The SMILES string of the molecule is C/C=C(\CCO)C(=O)O[C@]1(C)[C@@H](CO)C=C2CSS[C@H]3C[C@@H]4C(=O)C=C[C@H]5[C@@H]([C@H]4NC)[C@@H]3N5C(=O)CC3=C(C=C(N)NC3)[C@H]2[C@]12Cc1cc3cc([C@@]45CCCC[C@@H]4CC[C@H](O)[C@@H]5CCCO)c(=O)oc3cc1O2. The van der Waals surface area contributed by atoms with E-state index in [4.69, 9.17) is 19.6 Å². The summed E-state index contributed by atoms with van der Waals surface area (Å²) in [5.74, 6) is -1.07. The van der Waals surface area contributed by atoms with Gasteiger partial charge in [-0.1, -0.05) is 58.2 Å². The number of nitrogens with two attached hydrogens (primary N) is 1. The van der Waals surface area contributed by atoms with Gasteiger partial charge in [0.1, 0.15) is 11.3 Å². The first-order valence-corrected chi connectivity index (χ1v) is 29.0. The first-order valence-electron chi connectivity index (χ1n) is 26.6. The van der Waals surface area contributed by atoms with Crippen molar-refractivity contribution in [2.24, 2.45) is 41.2 Å². The van der Waals surface area contributed by atoms with Gasteiger partial charge in [-0.2, -0.15) is 0 Å². The zero-order chi connectivity index (χ0) is 51.1. The first-order chi connectivity index (χ1) is 35.2. The Balaban J connectivity index is 1.07. The van der Waals surface area contributed by atoms with Crippen molar-refractivity contribution in [3.63, 3.8) is 0 Å². The molecule has 1 amide bonds. The number of ketones is 1. The van der Waals surface area contributed by atoms with Crippen LogP contribution < -0.4 is 26.7 Å². The highest BCUT2D eigenvalue weighted by atomic mass is 33.1. The van der Waals surface area contributed by atoms with Gasteiger partial charge in [0.05, 0.1) is 43.0 Å². The summed E-state index contributed by atoms with van der Waals surface area (Å²) < 4.78 is 20.7. The lowest BCUT2D eigenvalue weighted by Gasteiger charge is -2.62. The third-order valence-corrected chi connectivity index (χ3v) is 21.9. The van der Waals surface area contributed by atoms with Crippen molar-refractivity contribution < 1.29 is 48.7 Å². The molecule has 1 aromatic carbocycles. The number of fused-ring (bicyclic) bond motifs is 8. The van der Waals surface area contributed by atoms with Gasteiger partial charge < -0.3 is 55.6 Å². The summed E-state index contributed by atoms with van der Waals surface area (Å²) >= 11 is 0. The van der Waals surface area contributed by atoms with Crippen LogP contribution >= 0.6 is 21.6 Å². The maximum Gasteiger partial charge on any atom is 0.340 e. The fourth-order valence-corrected chi connectivity index (χ4v) is 18.8. The number of hydrogen-bond acceptors (Lipinski definition) is 16. The predicted molar refractivity (Wildman–Crippen MR) is 279 cm³/mol. The minimum Gasteiger partial charge on any atom is -0.481 e. The van der Waals surface area contributed by atoms with Gasteiger partial charge in [0, 0.05) is 95.4 Å². The van der Waals surface area contributed by atoms with Gasteiger partial charge in [-0.05, 0) is 119 Å². The molecule has 17 heteroatoms. The molecule has 1 spiro atoms. The van der Waals surface area contributed by atoms with E-state index in [1.54, 1.807) is 46.7 Å². The average Bonchev–Trinajstić information content (AvgIpc) is 3.74. The number of aliphatic hydroxyl groups is 4. The van der Waals surface area contributed by atoms with Gasteiger partial charge in [-0.25, -0.2) is 9.59 Å². The number of hydrogen-bond donors (Lipinski definition) is 7. The van der Waals surface area contributed by atoms with E-state index in [0.717, 1.165) is 54.4 Å². The van der Waals surface area contributed by atoms with Gasteiger partial charge in [0.25, 0.3) is 0 Å². The van der Waals surface area contributed by atoms with Crippen molar-refractivity contribution in [3.8, 4) is 5.75 Å². The summed E-state index contributed by atoms with van der Waals surface area (Å²) in [6.07, 6.45) is 15.6. The van der Waals surface area contributed by atoms with Crippen LogP contribution in [-0.4, -0.2) is 123 Å². The number of nitrogens with zero attached hydrogens (tertiary/aromatic N) is 1. The molecule has 8 N–H and O–H groups in total. The molecular weight excluding hydrogens is 969 g/mol. The molecule has 73 heavy (non-hydrogen) atoms. The standard InChI is InChI=1S/C56H70N4O11S2/c1-4-29(14-17-62)52(67)71-54(2)35(27-63)19-33-28-72-73-45-22-37-41(64)13-11-40-48(50(37)58-3)51(45)60(40)47(66)21-32-26-59-46(57)23-36(32)49(33)56(54)25-31-18-30-20-39(53(68)69-43(30)24-44(31)70-56)55-15-6-5-8-34(55)10-12-42(65)38(55)9-7-16-61/h4,11,13,18-20,23-24,34-35,37-38,40,42,45,48-51,58-59,61-63,65H,5-10,12,14-17,21-22,25-28,57H2,1-3H3/b29-4+/t34-,35-,37-,38+,40+,42+,45+,48+,49+,50+,51-,54-,55+,56-/m1/s1. The second-order valence-corrected chi connectivity index (χ2v) is 24.9. The number of allylic oxidation sites excluding steroid dienone is 3. The van der Waals surface area contributed by atoms with Crippen LogP contribution in [-0.2, 0) is 31.0 Å². The van der Waals surface area contributed by atoms with Crippen LogP contribution in [0.4, 0.5) is 0 Å². The Labute approximate surface area is 433 Å². The Kier molecular flexibility index (Phi) is 13.7. The minimum atomic E-state index is -1.60. The average molecular weight is 1040 g/mol. The molecule has 5 heterocycles. The minimum absolute atomic E-state index is 0.00606. The number of amides is 1. The Bertz CT molecular complexity index is 2810. The van der Waals surface area contributed by atoms with Crippen LogP contribution in [0.1, 0.15) is 95.6 Å². The Morgan fingerprint density at radius 1 is 1.11 bits per heavy atom. The molecule has 3 saturated carbocycles. The Morgan fingerprint density at radius 2 is 1.95 bits per heavy atom. The van der Waals surface area contributed by atoms with Crippen molar-refractivity contribution in [3.05, 3.63) is 98.2 Å². The van der Waals surface area contributed by atoms with Crippen LogP contribution in [0.3, 0.4) is 0 Å². The number of aliphatic hydroxyl groups excluding tert-OH is 4. The maximum atomic E-state index is 15.1. The first kappa shape index (κ1) is 50.8. The van der Waals surface area contributed by atoms with Gasteiger partial charge in [0.15, 0.2) is 17.0 Å². The second-order valence-electron chi connectivity index (χ2n) is 22.3. The maximum absolute atomic E-state index is 15.1. The third kappa shape index (κ3) is 7.94. The van der Waals surface area contributed by atoms with Crippen molar-refractivity contribution in [2.45, 2.75) is 137 Å². The number of ether oxygens (including phenoxy) is 2. The normalized spacial score (nSPS) is 37.8. The number of carbonyl (C=O) groups excluding carboxylic acids is 3. The molecule has 2 aromatic rings. The van der Waals surface area contributed by atoms with Crippen LogP contribution in [0.5, 0.6) is 5.75 Å². The number of esters is 1. The molecule has 2 bridgehead atoms. The zero-order valence-corrected chi connectivity index (χ0v) is 43.6. The summed E-state index contributed by atoms with van der Waals surface area (Å²) in [6.45, 7) is 3.09. The molecule has 0 radical (unpaired) electrons. The van der Waals surface area contributed by atoms with E-state index in [1.807, 2.05) is 49.2 Å². The zero-order valence-electron chi connectivity index (χ0n) is 42.0. The molecule has 1 aromatic heterocycles. The smallest absolute Gasteiger partial charge is 0.340 e. The lowest BCUT2D eigenvalue weighted by Crippen LogP contribution is -2.75. The quantitative estimate of drug-likeness (QED) is 0.0544. The highest BCUT2D eigenvalue weighted by Gasteiger charge is 2.68. The number of nitrogens with one attached hydrogen (secondary N) is 2. The Hall–Kier alpha value is -4.36. The number of dihydropyridines is 1.